The topological polar surface area (TPSA) is 20.2 Å². The van der Waals surface area contributed by atoms with E-state index in [1.807, 2.05) is 20.8 Å². The summed E-state index contributed by atoms with van der Waals surface area (Å²) in [6, 6.07) is 4.11. The largest absolute Gasteiger partial charge is 0.388 e. The van der Waals surface area contributed by atoms with Crippen molar-refractivity contribution in [3.05, 3.63) is 34.6 Å². The second-order valence-corrected chi connectivity index (χ2v) is 4.91. The van der Waals surface area contributed by atoms with E-state index in [1.165, 1.54) is 12.1 Å². The molecule has 3 heteroatoms. The number of hydrogen-bond donors (Lipinski definition) is 1. The van der Waals surface area contributed by atoms with Gasteiger partial charge in [0.25, 0.3) is 0 Å². The first-order valence-electron chi connectivity index (χ1n) is 4.45. The van der Waals surface area contributed by atoms with E-state index in [0.717, 1.165) is 0 Å². The molecule has 1 N–H and O–H groups in total. The Morgan fingerprint density at radius 1 is 1.29 bits per heavy atom. The number of rotatable bonds is 1. The highest BCUT2D eigenvalue weighted by molar-refractivity contribution is 6.30. The first-order valence-corrected chi connectivity index (χ1v) is 4.82. The average Bonchev–Trinajstić information content (AvgIpc) is 1.99. The average molecular weight is 217 g/mol. The van der Waals surface area contributed by atoms with Gasteiger partial charge in [0, 0.05) is 5.02 Å². The normalized spacial score (nSPS) is 14.1. The molecular formula is C11H14ClFO. The molecule has 1 unspecified atom stereocenters. The van der Waals surface area contributed by atoms with Crippen LogP contribution in [-0.2, 0) is 0 Å². The lowest BCUT2D eigenvalue weighted by atomic mass is 9.85. The third-order valence-corrected chi connectivity index (χ3v) is 2.24. The molecule has 1 aromatic carbocycles. The molecule has 0 saturated carbocycles. The van der Waals surface area contributed by atoms with Gasteiger partial charge in [-0.1, -0.05) is 32.4 Å². The summed E-state index contributed by atoms with van der Waals surface area (Å²) in [4.78, 5) is 0. The molecule has 0 saturated heterocycles. The third-order valence-electron chi connectivity index (χ3n) is 2.02. The number of hydrogen-bond acceptors (Lipinski definition) is 1. The Hall–Kier alpha value is -0.600. The van der Waals surface area contributed by atoms with Gasteiger partial charge >= 0.3 is 0 Å². The van der Waals surface area contributed by atoms with E-state index < -0.39 is 11.9 Å². The number of aliphatic hydroxyl groups is 1. The van der Waals surface area contributed by atoms with Crippen molar-refractivity contribution in [1.82, 2.24) is 0 Å². The zero-order valence-electron chi connectivity index (χ0n) is 8.51. The zero-order valence-corrected chi connectivity index (χ0v) is 9.27. The number of aliphatic hydroxyl groups excluding tert-OH is 1. The second kappa shape index (κ2) is 3.87. The van der Waals surface area contributed by atoms with Crippen molar-refractivity contribution in [1.29, 1.82) is 0 Å². The smallest absolute Gasteiger partial charge is 0.125 e. The Kier molecular flexibility index (Phi) is 3.17. The highest BCUT2D eigenvalue weighted by atomic mass is 35.5. The monoisotopic (exact) mass is 216 g/mol. The van der Waals surface area contributed by atoms with Gasteiger partial charge in [0.1, 0.15) is 5.82 Å². The SMILES string of the molecule is CC(C)(C)C(O)c1cc(F)cc(Cl)c1. The molecule has 0 aliphatic rings. The first kappa shape index (κ1) is 11.5. The number of benzene rings is 1. The zero-order chi connectivity index (χ0) is 10.9. The molecule has 0 heterocycles. The van der Waals surface area contributed by atoms with Gasteiger partial charge in [-0.05, 0) is 29.2 Å². The molecule has 0 bridgehead atoms. The molecule has 0 fully saturated rings. The fraction of sp³-hybridized carbons (Fsp3) is 0.455. The van der Waals surface area contributed by atoms with Gasteiger partial charge in [-0.25, -0.2) is 4.39 Å². The minimum absolute atomic E-state index is 0.309. The van der Waals surface area contributed by atoms with Gasteiger partial charge in [0.2, 0.25) is 0 Å². The quantitative estimate of drug-likeness (QED) is 0.761. The van der Waals surface area contributed by atoms with Crippen molar-refractivity contribution in [2.45, 2.75) is 26.9 Å². The molecule has 0 amide bonds. The minimum Gasteiger partial charge on any atom is -0.388 e. The Morgan fingerprint density at radius 2 is 1.86 bits per heavy atom. The molecule has 1 atom stereocenters. The molecule has 0 aliphatic carbocycles. The van der Waals surface area contributed by atoms with E-state index in [0.29, 0.717) is 10.6 Å². The lowest BCUT2D eigenvalue weighted by Gasteiger charge is -2.26. The molecular weight excluding hydrogens is 203 g/mol. The van der Waals surface area contributed by atoms with E-state index in [9.17, 15) is 9.50 Å². The molecule has 0 aliphatic heterocycles. The Bertz CT molecular complexity index is 310. The van der Waals surface area contributed by atoms with Crippen LogP contribution in [0.5, 0.6) is 0 Å². The summed E-state index contributed by atoms with van der Waals surface area (Å²) in [5.74, 6) is -0.421. The van der Waals surface area contributed by atoms with Crippen LogP contribution >= 0.6 is 11.6 Å². The summed E-state index contributed by atoms with van der Waals surface area (Å²) >= 11 is 5.69. The van der Waals surface area contributed by atoms with Crippen LogP contribution in [0.15, 0.2) is 18.2 Å². The van der Waals surface area contributed by atoms with Crippen molar-refractivity contribution in [3.63, 3.8) is 0 Å². The van der Waals surface area contributed by atoms with Gasteiger partial charge in [-0.3, -0.25) is 0 Å². The van der Waals surface area contributed by atoms with E-state index >= 15 is 0 Å². The summed E-state index contributed by atoms with van der Waals surface area (Å²) in [6.07, 6.45) is -0.712. The van der Waals surface area contributed by atoms with E-state index in [1.54, 1.807) is 6.07 Å². The van der Waals surface area contributed by atoms with Crippen LogP contribution in [0, 0.1) is 11.2 Å². The van der Waals surface area contributed by atoms with Gasteiger partial charge < -0.3 is 5.11 Å². The Morgan fingerprint density at radius 3 is 2.29 bits per heavy atom. The van der Waals surface area contributed by atoms with Crippen molar-refractivity contribution >= 4 is 11.6 Å². The summed E-state index contributed by atoms with van der Waals surface area (Å²) in [6.45, 7) is 5.66. The van der Waals surface area contributed by atoms with Crippen LogP contribution in [-0.4, -0.2) is 5.11 Å². The highest BCUT2D eigenvalue weighted by Gasteiger charge is 2.24. The van der Waals surface area contributed by atoms with Crippen molar-refractivity contribution < 1.29 is 9.50 Å². The predicted octanol–water partition coefficient (Wildman–Crippen LogP) is 3.56. The molecule has 1 aromatic rings. The summed E-state index contributed by atoms with van der Waals surface area (Å²) < 4.78 is 13.0. The van der Waals surface area contributed by atoms with Crippen LogP contribution in [0.25, 0.3) is 0 Å². The summed E-state index contributed by atoms with van der Waals surface area (Å²) in [5.41, 5.74) is 0.194. The van der Waals surface area contributed by atoms with Gasteiger partial charge in [-0.2, -0.15) is 0 Å². The molecule has 1 rings (SSSR count). The highest BCUT2D eigenvalue weighted by Crippen LogP contribution is 2.33. The summed E-state index contributed by atoms with van der Waals surface area (Å²) in [5, 5.41) is 10.2. The van der Waals surface area contributed by atoms with Gasteiger partial charge in [0.05, 0.1) is 6.10 Å². The molecule has 0 radical (unpaired) electrons. The van der Waals surface area contributed by atoms with Crippen LogP contribution in [0.2, 0.25) is 5.02 Å². The minimum atomic E-state index is -0.712. The van der Waals surface area contributed by atoms with E-state index in [4.69, 9.17) is 11.6 Å². The van der Waals surface area contributed by atoms with E-state index in [-0.39, 0.29) is 5.41 Å². The molecule has 14 heavy (non-hydrogen) atoms. The molecule has 78 valence electrons. The maximum atomic E-state index is 13.0. The van der Waals surface area contributed by atoms with Crippen LogP contribution in [0.4, 0.5) is 4.39 Å². The predicted molar refractivity (Wildman–Crippen MR) is 55.8 cm³/mol. The number of halogens is 2. The van der Waals surface area contributed by atoms with Crippen molar-refractivity contribution in [3.8, 4) is 0 Å². The van der Waals surface area contributed by atoms with Crippen LogP contribution in [0.3, 0.4) is 0 Å². The van der Waals surface area contributed by atoms with Crippen LogP contribution in [0.1, 0.15) is 32.4 Å². The first-order chi connectivity index (χ1) is 6.30. The molecule has 0 spiro atoms. The van der Waals surface area contributed by atoms with Crippen LogP contribution < -0.4 is 0 Å². The van der Waals surface area contributed by atoms with Crippen molar-refractivity contribution in [2.75, 3.05) is 0 Å². The lowest BCUT2D eigenvalue weighted by molar-refractivity contribution is 0.0624. The lowest BCUT2D eigenvalue weighted by Crippen LogP contribution is -2.17. The maximum absolute atomic E-state index is 13.0. The third kappa shape index (κ3) is 2.69. The van der Waals surface area contributed by atoms with Gasteiger partial charge in [-0.15, -0.1) is 0 Å². The maximum Gasteiger partial charge on any atom is 0.125 e. The Labute approximate surface area is 88.5 Å². The Balaban J connectivity index is 3.07. The second-order valence-electron chi connectivity index (χ2n) is 4.47. The van der Waals surface area contributed by atoms with Crippen molar-refractivity contribution in [2.24, 2.45) is 5.41 Å². The fourth-order valence-corrected chi connectivity index (χ4v) is 1.46. The van der Waals surface area contributed by atoms with Gasteiger partial charge in [0.15, 0.2) is 0 Å². The fourth-order valence-electron chi connectivity index (χ4n) is 1.23. The summed E-state index contributed by atoms with van der Waals surface area (Å²) in [7, 11) is 0. The van der Waals surface area contributed by atoms with E-state index in [2.05, 4.69) is 0 Å². The molecule has 1 nitrogen and oxygen atoms in total. The standard InChI is InChI=1S/C11H14ClFO/c1-11(2,3)10(14)7-4-8(12)6-9(13)5-7/h4-6,10,14H,1-3H3. The molecule has 0 aromatic heterocycles.